The number of hydrogen-bond donors (Lipinski definition) is 1. The van der Waals surface area contributed by atoms with Crippen LogP contribution in [0.25, 0.3) is 10.8 Å². The first-order valence-corrected chi connectivity index (χ1v) is 9.80. The lowest BCUT2D eigenvalue weighted by Gasteiger charge is -2.12. The minimum Gasteiger partial charge on any atom is -0.379 e. The molecule has 0 unspecified atom stereocenters. The molecule has 3 rings (SSSR count). The molecule has 0 fully saturated rings. The summed E-state index contributed by atoms with van der Waals surface area (Å²) in [7, 11) is 0. The highest BCUT2D eigenvalue weighted by Gasteiger charge is 2.13. The monoisotopic (exact) mass is 394 g/mol. The van der Waals surface area contributed by atoms with E-state index >= 15 is 0 Å². The average Bonchev–Trinajstić information content (AvgIpc) is 2.72. The van der Waals surface area contributed by atoms with Crippen LogP contribution < -0.4 is 10.9 Å². The summed E-state index contributed by atoms with van der Waals surface area (Å²) in [5.74, 6) is -0.241. The third-order valence-electron chi connectivity index (χ3n) is 4.45. The number of aromatic nitrogens is 3. The van der Waals surface area contributed by atoms with Crippen LogP contribution in [0.4, 0.5) is 0 Å². The molecule has 7 heteroatoms. The second kappa shape index (κ2) is 9.93. The number of rotatable bonds is 9. The molecule has 1 aromatic carbocycles. The van der Waals surface area contributed by atoms with Gasteiger partial charge in [-0.05, 0) is 44.0 Å². The van der Waals surface area contributed by atoms with Crippen LogP contribution in [0.3, 0.4) is 0 Å². The van der Waals surface area contributed by atoms with Gasteiger partial charge in [-0.3, -0.25) is 14.6 Å². The third-order valence-corrected chi connectivity index (χ3v) is 4.45. The molecule has 0 bridgehead atoms. The molecule has 2 heterocycles. The smallest absolute Gasteiger partial charge is 0.275 e. The van der Waals surface area contributed by atoms with Gasteiger partial charge in [0.05, 0.1) is 17.2 Å². The summed E-state index contributed by atoms with van der Waals surface area (Å²) in [6.07, 6.45) is 4.90. The normalized spacial score (nSPS) is 11.1. The molecule has 0 spiro atoms. The molecular formula is C22H26N4O3. The quantitative estimate of drug-likeness (QED) is 0.563. The second-order valence-electron chi connectivity index (χ2n) is 7.11. The number of nitrogens with one attached hydrogen (secondary N) is 1. The number of benzene rings is 1. The summed E-state index contributed by atoms with van der Waals surface area (Å²) >= 11 is 0. The van der Waals surface area contributed by atoms with Gasteiger partial charge >= 0.3 is 0 Å². The topological polar surface area (TPSA) is 86.1 Å². The van der Waals surface area contributed by atoms with Crippen LogP contribution >= 0.6 is 0 Å². The molecule has 0 aliphatic rings. The van der Waals surface area contributed by atoms with E-state index in [1.807, 2.05) is 44.2 Å². The molecule has 152 valence electrons. The molecular weight excluding hydrogens is 368 g/mol. The van der Waals surface area contributed by atoms with Gasteiger partial charge in [0.25, 0.3) is 5.56 Å². The SMILES string of the molecule is CC(C)OCCCNC(=O)Cn1nc(Cc2ccncc2)c2ccccc2c1=O. The van der Waals surface area contributed by atoms with Crippen molar-refractivity contribution < 1.29 is 9.53 Å². The Morgan fingerprint density at radius 1 is 1.14 bits per heavy atom. The molecule has 0 radical (unpaired) electrons. The van der Waals surface area contributed by atoms with Crippen LogP contribution in [0, 0.1) is 0 Å². The third kappa shape index (κ3) is 5.71. The lowest BCUT2D eigenvalue weighted by molar-refractivity contribution is -0.121. The first-order chi connectivity index (χ1) is 14.0. The summed E-state index contributed by atoms with van der Waals surface area (Å²) in [5.41, 5.74) is 1.53. The van der Waals surface area contributed by atoms with Gasteiger partial charge in [0.15, 0.2) is 0 Å². The maximum absolute atomic E-state index is 12.8. The van der Waals surface area contributed by atoms with E-state index in [2.05, 4.69) is 15.4 Å². The summed E-state index contributed by atoms with van der Waals surface area (Å²) < 4.78 is 6.71. The molecule has 0 aliphatic carbocycles. The standard InChI is InChI=1S/C22H26N4O3/c1-16(2)29-13-5-10-24-21(27)15-26-22(28)19-7-4-3-6-18(19)20(25-26)14-17-8-11-23-12-9-17/h3-4,6-9,11-12,16H,5,10,13-15H2,1-2H3,(H,24,27). The van der Waals surface area contributed by atoms with Gasteiger partial charge < -0.3 is 10.1 Å². The van der Waals surface area contributed by atoms with Crippen molar-refractivity contribution in [3.63, 3.8) is 0 Å². The molecule has 1 N–H and O–H groups in total. The molecule has 0 saturated carbocycles. The van der Waals surface area contributed by atoms with Crippen molar-refractivity contribution in [3.05, 3.63) is 70.4 Å². The van der Waals surface area contributed by atoms with Crippen molar-refractivity contribution in [2.24, 2.45) is 0 Å². The molecule has 7 nitrogen and oxygen atoms in total. The van der Waals surface area contributed by atoms with Gasteiger partial charge in [-0.2, -0.15) is 5.10 Å². The summed E-state index contributed by atoms with van der Waals surface area (Å²) in [6, 6.07) is 11.2. The number of hydrogen-bond acceptors (Lipinski definition) is 5. The maximum atomic E-state index is 12.8. The zero-order valence-corrected chi connectivity index (χ0v) is 16.8. The fraction of sp³-hybridized carbons (Fsp3) is 0.364. The van der Waals surface area contributed by atoms with Crippen LogP contribution in [0.5, 0.6) is 0 Å². The zero-order valence-electron chi connectivity index (χ0n) is 16.8. The molecule has 1 amide bonds. The number of fused-ring (bicyclic) bond motifs is 1. The Hall–Kier alpha value is -3.06. The van der Waals surface area contributed by atoms with Crippen LogP contribution in [0.2, 0.25) is 0 Å². The summed E-state index contributed by atoms with van der Waals surface area (Å²) in [6.45, 7) is 4.91. The van der Waals surface area contributed by atoms with Gasteiger partial charge in [-0.1, -0.05) is 18.2 Å². The molecule has 29 heavy (non-hydrogen) atoms. The fourth-order valence-corrected chi connectivity index (χ4v) is 3.05. The van der Waals surface area contributed by atoms with Crippen LogP contribution in [-0.4, -0.2) is 39.9 Å². The predicted octanol–water partition coefficient (Wildman–Crippen LogP) is 2.31. The van der Waals surface area contributed by atoms with Crippen molar-refractivity contribution in [2.45, 2.75) is 39.3 Å². The number of carbonyl (C=O) groups is 1. The van der Waals surface area contributed by atoms with Crippen molar-refractivity contribution in [1.82, 2.24) is 20.1 Å². The largest absolute Gasteiger partial charge is 0.379 e. The highest BCUT2D eigenvalue weighted by molar-refractivity contribution is 5.84. The second-order valence-corrected chi connectivity index (χ2v) is 7.11. The van der Waals surface area contributed by atoms with Gasteiger partial charge in [-0.25, -0.2) is 4.68 Å². The Balaban J connectivity index is 1.76. The molecule has 0 aliphatic heterocycles. The van der Waals surface area contributed by atoms with Crippen molar-refractivity contribution in [3.8, 4) is 0 Å². The Bertz CT molecular complexity index is 1020. The van der Waals surface area contributed by atoms with Crippen molar-refractivity contribution in [2.75, 3.05) is 13.2 Å². The molecule has 0 atom stereocenters. The minimum absolute atomic E-state index is 0.113. The Morgan fingerprint density at radius 3 is 2.59 bits per heavy atom. The van der Waals surface area contributed by atoms with Crippen molar-refractivity contribution in [1.29, 1.82) is 0 Å². The highest BCUT2D eigenvalue weighted by atomic mass is 16.5. The molecule has 0 saturated heterocycles. The predicted molar refractivity (Wildman–Crippen MR) is 112 cm³/mol. The van der Waals surface area contributed by atoms with Crippen LogP contribution in [0.1, 0.15) is 31.5 Å². The number of ether oxygens (including phenoxy) is 1. The van der Waals surface area contributed by atoms with E-state index in [9.17, 15) is 9.59 Å². The Labute approximate surface area is 169 Å². The molecule has 2 aromatic heterocycles. The van der Waals surface area contributed by atoms with E-state index in [0.29, 0.717) is 25.0 Å². The number of amides is 1. The summed E-state index contributed by atoms with van der Waals surface area (Å²) in [5, 5.41) is 8.69. The Morgan fingerprint density at radius 2 is 1.86 bits per heavy atom. The lowest BCUT2D eigenvalue weighted by Crippen LogP contribution is -2.35. The number of carbonyl (C=O) groups excluding carboxylic acids is 1. The van der Waals surface area contributed by atoms with E-state index in [1.54, 1.807) is 18.5 Å². The minimum atomic E-state index is -0.266. The fourth-order valence-electron chi connectivity index (χ4n) is 3.05. The maximum Gasteiger partial charge on any atom is 0.275 e. The first-order valence-electron chi connectivity index (χ1n) is 9.80. The van der Waals surface area contributed by atoms with E-state index in [-0.39, 0.29) is 24.1 Å². The zero-order chi connectivity index (χ0) is 20.6. The van der Waals surface area contributed by atoms with Gasteiger partial charge in [0.2, 0.25) is 5.91 Å². The van der Waals surface area contributed by atoms with Crippen molar-refractivity contribution >= 4 is 16.7 Å². The average molecular weight is 394 g/mol. The van der Waals surface area contributed by atoms with E-state index in [1.165, 1.54) is 4.68 Å². The van der Waals surface area contributed by atoms with Crippen LogP contribution in [-0.2, 0) is 22.5 Å². The van der Waals surface area contributed by atoms with E-state index < -0.39 is 0 Å². The lowest BCUT2D eigenvalue weighted by atomic mass is 10.1. The van der Waals surface area contributed by atoms with Gasteiger partial charge in [0, 0.05) is 37.4 Å². The van der Waals surface area contributed by atoms with Gasteiger partial charge in [-0.15, -0.1) is 0 Å². The summed E-state index contributed by atoms with van der Waals surface area (Å²) in [4.78, 5) is 29.2. The highest BCUT2D eigenvalue weighted by Crippen LogP contribution is 2.16. The first kappa shape index (κ1) is 20.7. The van der Waals surface area contributed by atoms with E-state index in [4.69, 9.17) is 4.74 Å². The molecule has 3 aromatic rings. The van der Waals surface area contributed by atoms with Crippen LogP contribution in [0.15, 0.2) is 53.6 Å². The van der Waals surface area contributed by atoms with E-state index in [0.717, 1.165) is 23.1 Å². The van der Waals surface area contributed by atoms with Gasteiger partial charge in [0.1, 0.15) is 6.54 Å². The number of nitrogens with zero attached hydrogens (tertiary/aromatic N) is 3. The Kier molecular flexibility index (Phi) is 7.08. The number of pyridine rings is 1.